The quantitative estimate of drug-likeness (QED) is 0.820. The Morgan fingerprint density at radius 3 is 2.45 bits per heavy atom. The van der Waals surface area contributed by atoms with E-state index in [0.717, 1.165) is 10.4 Å². The lowest BCUT2D eigenvalue weighted by Gasteiger charge is -2.42. The van der Waals surface area contributed by atoms with E-state index in [1.54, 1.807) is 6.92 Å². The van der Waals surface area contributed by atoms with Crippen molar-refractivity contribution in [2.75, 3.05) is 20.2 Å². The Balaban J connectivity index is 2.40. The van der Waals surface area contributed by atoms with Crippen molar-refractivity contribution in [1.29, 1.82) is 0 Å². The number of sulfonamides is 1. The number of aromatic carboxylic acids is 1. The summed E-state index contributed by atoms with van der Waals surface area (Å²) in [6, 6.07) is 3.56. The van der Waals surface area contributed by atoms with Gasteiger partial charge in [-0.05, 0) is 25.1 Å². The van der Waals surface area contributed by atoms with Crippen molar-refractivity contribution >= 4 is 16.0 Å². The minimum Gasteiger partial charge on any atom is -0.495 e. The van der Waals surface area contributed by atoms with Crippen LogP contribution in [0.1, 0.15) is 17.3 Å². The summed E-state index contributed by atoms with van der Waals surface area (Å²) < 4.78 is 30.8. The van der Waals surface area contributed by atoms with Gasteiger partial charge in [-0.3, -0.25) is 0 Å². The molecule has 1 aromatic carbocycles. The van der Waals surface area contributed by atoms with Crippen LogP contribution in [0.2, 0.25) is 0 Å². The van der Waals surface area contributed by atoms with Crippen molar-refractivity contribution in [3.63, 3.8) is 0 Å². The van der Waals surface area contributed by atoms with E-state index in [0.29, 0.717) is 0 Å². The number of carbonyl (C=O) groups is 1. The number of carboxylic acid groups (broad SMARTS) is 1. The molecule has 1 heterocycles. The molecule has 0 radical (unpaired) electrons. The summed E-state index contributed by atoms with van der Waals surface area (Å²) >= 11 is 0. The molecule has 110 valence electrons. The van der Waals surface area contributed by atoms with Crippen molar-refractivity contribution in [2.24, 2.45) is 0 Å². The fraction of sp³-hybridized carbons (Fsp3) is 0.417. The van der Waals surface area contributed by atoms with Gasteiger partial charge in [0.1, 0.15) is 10.6 Å². The van der Waals surface area contributed by atoms with Crippen LogP contribution in [0.3, 0.4) is 0 Å². The van der Waals surface area contributed by atoms with Crippen LogP contribution < -0.4 is 4.74 Å². The first-order valence-electron chi connectivity index (χ1n) is 5.81. The Morgan fingerprint density at radius 1 is 1.40 bits per heavy atom. The summed E-state index contributed by atoms with van der Waals surface area (Å²) in [5.41, 5.74) is -1.09. The van der Waals surface area contributed by atoms with Crippen LogP contribution in [0.15, 0.2) is 23.1 Å². The number of nitrogens with zero attached hydrogens (tertiary/aromatic N) is 1. The van der Waals surface area contributed by atoms with Crippen molar-refractivity contribution in [3.8, 4) is 5.75 Å². The predicted molar refractivity (Wildman–Crippen MR) is 69.3 cm³/mol. The van der Waals surface area contributed by atoms with Gasteiger partial charge in [0.25, 0.3) is 0 Å². The molecule has 1 aliphatic rings. The van der Waals surface area contributed by atoms with Crippen molar-refractivity contribution in [3.05, 3.63) is 23.8 Å². The van der Waals surface area contributed by atoms with E-state index in [4.69, 9.17) is 9.84 Å². The third-order valence-electron chi connectivity index (χ3n) is 3.06. The molecule has 2 rings (SSSR count). The molecular formula is C12H15NO6S. The van der Waals surface area contributed by atoms with E-state index in [-0.39, 0.29) is 29.3 Å². The summed E-state index contributed by atoms with van der Waals surface area (Å²) in [6.07, 6.45) is 0. The molecule has 0 saturated carbocycles. The maximum Gasteiger partial charge on any atom is 0.335 e. The number of β-amino-alcohol motifs (C(OH)–C–C–N with tert-alkyl or cyclic N) is 1. The minimum atomic E-state index is -3.80. The van der Waals surface area contributed by atoms with Gasteiger partial charge in [-0.1, -0.05) is 0 Å². The first-order valence-corrected chi connectivity index (χ1v) is 7.25. The Bertz CT molecular complexity index is 644. The van der Waals surface area contributed by atoms with Gasteiger partial charge in [0.05, 0.1) is 18.3 Å². The normalized spacial score (nSPS) is 18.4. The maximum atomic E-state index is 12.4. The number of aliphatic hydroxyl groups is 1. The van der Waals surface area contributed by atoms with E-state index >= 15 is 0 Å². The number of methoxy groups -OCH3 is 1. The largest absolute Gasteiger partial charge is 0.495 e. The zero-order chi connectivity index (χ0) is 15.1. The summed E-state index contributed by atoms with van der Waals surface area (Å²) in [5.74, 6) is -1.20. The summed E-state index contributed by atoms with van der Waals surface area (Å²) in [4.78, 5) is 10.8. The molecule has 8 heteroatoms. The predicted octanol–water partition coefficient (Wildman–Crippen LogP) is 0.149. The SMILES string of the molecule is COc1cc(C(=O)O)ccc1S(=O)(=O)N1CC(C)(O)C1. The highest BCUT2D eigenvalue weighted by Gasteiger charge is 2.44. The van der Waals surface area contributed by atoms with Crippen LogP contribution in [0, 0.1) is 0 Å². The molecule has 0 spiro atoms. The standard InChI is InChI=1S/C12H15NO6S/c1-12(16)6-13(7-12)20(17,18)10-4-3-8(11(14)15)5-9(10)19-2/h3-5,16H,6-7H2,1-2H3,(H,14,15). The highest BCUT2D eigenvalue weighted by molar-refractivity contribution is 7.89. The molecule has 0 amide bonds. The Morgan fingerprint density at radius 2 is 2.00 bits per heavy atom. The van der Waals surface area contributed by atoms with Crippen LogP contribution in [0.4, 0.5) is 0 Å². The molecular weight excluding hydrogens is 286 g/mol. The molecule has 20 heavy (non-hydrogen) atoms. The maximum absolute atomic E-state index is 12.4. The molecule has 1 fully saturated rings. The summed E-state index contributed by atoms with van der Waals surface area (Å²) in [7, 11) is -2.53. The molecule has 0 aromatic heterocycles. The third kappa shape index (κ3) is 2.49. The second kappa shape index (κ2) is 4.72. The second-order valence-corrected chi connectivity index (χ2v) is 6.85. The number of benzene rings is 1. The highest BCUT2D eigenvalue weighted by Crippen LogP contribution is 2.32. The van der Waals surface area contributed by atoms with E-state index in [9.17, 15) is 18.3 Å². The van der Waals surface area contributed by atoms with Gasteiger partial charge < -0.3 is 14.9 Å². The number of carboxylic acids is 1. The molecule has 7 nitrogen and oxygen atoms in total. The van der Waals surface area contributed by atoms with Crippen molar-refractivity contribution < 1.29 is 28.2 Å². The van der Waals surface area contributed by atoms with E-state index in [1.165, 1.54) is 19.2 Å². The van der Waals surface area contributed by atoms with Crippen molar-refractivity contribution in [2.45, 2.75) is 17.4 Å². The monoisotopic (exact) mass is 301 g/mol. The van der Waals surface area contributed by atoms with E-state index < -0.39 is 21.6 Å². The van der Waals surface area contributed by atoms with Gasteiger partial charge in [0.2, 0.25) is 10.0 Å². The van der Waals surface area contributed by atoms with Gasteiger partial charge in [0.15, 0.2) is 0 Å². The highest BCUT2D eigenvalue weighted by atomic mass is 32.2. The molecule has 0 unspecified atom stereocenters. The second-order valence-electron chi connectivity index (χ2n) is 4.94. The minimum absolute atomic E-state index is 0.000824. The molecule has 0 atom stereocenters. The van der Waals surface area contributed by atoms with Gasteiger partial charge in [-0.2, -0.15) is 4.31 Å². The zero-order valence-electron chi connectivity index (χ0n) is 11.0. The summed E-state index contributed by atoms with van der Waals surface area (Å²) in [5, 5.41) is 18.5. The zero-order valence-corrected chi connectivity index (χ0v) is 11.8. The molecule has 0 bridgehead atoms. The number of ether oxygens (including phenoxy) is 1. The topological polar surface area (TPSA) is 104 Å². The number of hydrogen-bond acceptors (Lipinski definition) is 5. The van der Waals surface area contributed by atoms with Crippen LogP contribution in [0.5, 0.6) is 5.75 Å². The molecule has 1 aromatic rings. The average Bonchev–Trinajstić information content (AvgIpc) is 2.34. The first kappa shape index (κ1) is 14.8. The molecule has 1 aliphatic heterocycles. The third-order valence-corrected chi connectivity index (χ3v) is 4.89. The van der Waals surface area contributed by atoms with Gasteiger partial charge in [-0.15, -0.1) is 0 Å². The van der Waals surface area contributed by atoms with Crippen LogP contribution in [0.25, 0.3) is 0 Å². The van der Waals surface area contributed by atoms with E-state index in [1.807, 2.05) is 0 Å². The van der Waals surface area contributed by atoms with Crippen molar-refractivity contribution in [1.82, 2.24) is 4.31 Å². The molecule has 0 aliphatic carbocycles. The molecule has 2 N–H and O–H groups in total. The fourth-order valence-electron chi connectivity index (χ4n) is 2.04. The number of hydrogen-bond donors (Lipinski definition) is 2. The van der Waals surface area contributed by atoms with Gasteiger partial charge >= 0.3 is 5.97 Å². The fourth-order valence-corrected chi connectivity index (χ4v) is 3.85. The van der Waals surface area contributed by atoms with Gasteiger partial charge in [-0.25, -0.2) is 13.2 Å². The average molecular weight is 301 g/mol. The lowest BCUT2D eigenvalue weighted by Crippen LogP contribution is -2.61. The van der Waals surface area contributed by atoms with Crippen LogP contribution >= 0.6 is 0 Å². The van der Waals surface area contributed by atoms with Crippen LogP contribution in [-0.2, 0) is 10.0 Å². The van der Waals surface area contributed by atoms with Gasteiger partial charge in [0, 0.05) is 13.1 Å². The molecule has 1 saturated heterocycles. The van der Waals surface area contributed by atoms with Crippen LogP contribution in [-0.4, -0.2) is 54.7 Å². The lowest BCUT2D eigenvalue weighted by atomic mass is 10.0. The lowest BCUT2D eigenvalue weighted by molar-refractivity contribution is -0.0426. The van der Waals surface area contributed by atoms with E-state index in [2.05, 4.69) is 0 Å². The Kier molecular flexibility index (Phi) is 3.49. The first-order chi connectivity index (χ1) is 9.17. The summed E-state index contributed by atoms with van der Waals surface area (Å²) in [6.45, 7) is 1.54. The smallest absolute Gasteiger partial charge is 0.335 e. The Hall–Kier alpha value is -1.64. The number of rotatable bonds is 4. The Labute approximate surface area is 116 Å².